The van der Waals surface area contributed by atoms with Crippen molar-refractivity contribution in [2.45, 2.75) is 75.9 Å². The molecule has 3 N–H and O–H groups in total. The first-order valence-electron chi connectivity index (χ1n) is 10.1. The average molecular weight is 415 g/mol. The second-order valence-corrected chi connectivity index (χ2v) is 9.97. The molecule has 28 heavy (non-hydrogen) atoms. The van der Waals surface area contributed by atoms with E-state index in [0.717, 1.165) is 5.57 Å². The van der Waals surface area contributed by atoms with Crippen LogP contribution in [0.15, 0.2) is 11.6 Å². The first kappa shape index (κ1) is 20.5. The van der Waals surface area contributed by atoms with Crippen LogP contribution < -0.4 is 0 Å². The number of aliphatic hydroxyl groups excluding tert-OH is 2. The Morgan fingerprint density at radius 1 is 1.25 bits per heavy atom. The topological polar surface area (TPSA) is 94.8 Å². The maximum atomic E-state index is 16.9. The van der Waals surface area contributed by atoms with E-state index in [2.05, 4.69) is 0 Å². The Bertz CT molecular complexity index is 770. The Morgan fingerprint density at radius 2 is 1.93 bits per heavy atom. The average Bonchev–Trinajstić information content (AvgIpc) is 2.84. The molecule has 5 nitrogen and oxygen atoms in total. The number of hydrogen-bond acceptors (Lipinski definition) is 5. The lowest BCUT2D eigenvalue weighted by atomic mass is 9.44. The van der Waals surface area contributed by atoms with Crippen LogP contribution in [0.25, 0.3) is 0 Å². The molecule has 0 aromatic rings. The maximum Gasteiger partial charge on any atom is 0.182 e. The summed E-state index contributed by atoms with van der Waals surface area (Å²) in [5, 5.41) is 33.0. The molecule has 0 radical (unpaired) electrons. The number of rotatable bonds is 2. The van der Waals surface area contributed by atoms with Crippen molar-refractivity contribution >= 4 is 23.2 Å². The van der Waals surface area contributed by atoms with Gasteiger partial charge >= 0.3 is 0 Å². The van der Waals surface area contributed by atoms with E-state index in [1.165, 1.54) is 0 Å². The predicted molar refractivity (Wildman–Crippen MR) is 101 cm³/mol. The van der Waals surface area contributed by atoms with Crippen LogP contribution in [0, 0.1) is 22.7 Å². The normalized spacial score (nSPS) is 53.1. The highest BCUT2D eigenvalue weighted by atomic mass is 35.5. The first-order valence-corrected chi connectivity index (χ1v) is 10.6. The van der Waals surface area contributed by atoms with Gasteiger partial charge in [0.25, 0.3) is 0 Å². The van der Waals surface area contributed by atoms with E-state index in [4.69, 9.17) is 11.6 Å². The molecule has 0 aliphatic heterocycles. The van der Waals surface area contributed by atoms with E-state index in [1.807, 2.05) is 0 Å². The van der Waals surface area contributed by atoms with Gasteiger partial charge < -0.3 is 15.3 Å². The van der Waals surface area contributed by atoms with Gasteiger partial charge in [-0.2, -0.15) is 0 Å². The van der Waals surface area contributed by atoms with Crippen molar-refractivity contribution in [1.82, 2.24) is 0 Å². The van der Waals surface area contributed by atoms with Crippen LogP contribution >= 0.6 is 11.6 Å². The van der Waals surface area contributed by atoms with Crippen LogP contribution in [-0.2, 0) is 9.59 Å². The van der Waals surface area contributed by atoms with Crippen LogP contribution in [0.1, 0.15) is 52.4 Å². The number of carbonyl (C=O) groups excluding carboxylic acids is 2. The van der Waals surface area contributed by atoms with Crippen molar-refractivity contribution in [2.24, 2.45) is 22.7 Å². The fraction of sp³-hybridized carbons (Fsp3) is 0.810. The van der Waals surface area contributed by atoms with Gasteiger partial charge in [0.1, 0.15) is 5.67 Å². The number of carbonyl (C=O) groups is 2. The lowest BCUT2D eigenvalue weighted by molar-refractivity contribution is -0.229. The molecule has 0 saturated heterocycles. The Hall–Kier alpha value is -0.820. The summed E-state index contributed by atoms with van der Waals surface area (Å²) in [5.74, 6) is -2.24. The Morgan fingerprint density at radius 3 is 2.57 bits per heavy atom. The molecular weight excluding hydrogens is 387 g/mol. The third-order valence-electron chi connectivity index (χ3n) is 8.81. The molecule has 3 fully saturated rings. The molecule has 8 atom stereocenters. The van der Waals surface area contributed by atoms with E-state index in [1.54, 1.807) is 19.9 Å². The van der Waals surface area contributed by atoms with Gasteiger partial charge in [-0.3, -0.25) is 9.59 Å². The molecular formula is C21H28ClFO5. The quantitative estimate of drug-likeness (QED) is 0.601. The molecule has 3 saturated carbocycles. The Kier molecular flexibility index (Phi) is 4.45. The SMILES string of the molecule is C[C@]12CCC(=O)C=C1CC[C@H]1[C@@H]3CC(O)[C@](O)(C(=O)CCl)[C@@]3(C)CC(O)[C@@]12F. The number of Topliss-reactive ketones (excluding diaryl/α,β-unsaturated/α-hetero) is 1. The number of hydrogen-bond donors (Lipinski definition) is 3. The Balaban J connectivity index is 1.83. The van der Waals surface area contributed by atoms with Gasteiger partial charge in [-0.25, -0.2) is 4.39 Å². The summed E-state index contributed by atoms with van der Waals surface area (Å²) in [7, 11) is 0. The summed E-state index contributed by atoms with van der Waals surface area (Å²) in [6.07, 6.45) is 0.240. The number of ketones is 2. The molecule has 0 aromatic carbocycles. The first-order chi connectivity index (χ1) is 13.0. The van der Waals surface area contributed by atoms with Crippen LogP contribution in [0.3, 0.4) is 0 Å². The smallest absolute Gasteiger partial charge is 0.182 e. The molecule has 7 heteroatoms. The summed E-state index contributed by atoms with van der Waals surface area (Å²) in [5.41, 5.74) is -5.46. The van der Waals surface area contributed by atoms with Crippen LogP contribution in [0.2, 0.25) is 0 Å². The molecule has 4 aliphatic carbocycles. The standard InChI is InChI=1S/C21H28ClFO5/c1-18-6-5-12(24)7-11(18)3-4-13-14-8-15(25)21(28,17(27)10-22)19(14,2)9-16(26)20(13,18)23/h7,13-16,25-26,28H,3-6,8-10H2,1-2H3/t13-,14-,15?,16?,18-,19-,20-,21-/m0/s1. The van der Waals surface area contributed by atoms with Crippen molar-refractivity contribution in [2.75, 3.05) is 5.88 Å². The van der Waals surface area contributed by atoms with Crippen LogP contribution in [0.4, 0.5) is 4.39 Å². The van der Waals surface area contributed by atoms with E-state index >= 15 is 4.39 Å². The number of halogens is 2. The highest BCUT2D eigenvalue weighted by Gasteiger charge is 2.76. The van der Waals surface area contributed by atoms with Gasteiger partial charge in [0.15, 0.2) is 17.2 Å². The zero-order chi connectivity index (χ0) is 20.7. The van der Waals surface area contributed by atoms with Crippen molar-refractivity contribution in [3.8, 4) is 0 Å². The lowest BCUT2D eigenvalue weighted by Crippen LogP contribution is -2.70. The number of fused-ring (bicyclic) bond motifs is 5. The second kappa shape index (κ2) is 6.10. The van der Waals surface area contributed by atoms with Gasteiger partial charge in [-0.05, 0) is 44.1 Å². The van der Waals surface area contributed by atoms with E-state index < -0.39 is 57.8 Å². The minimum absolute atomic E-state index is 0.0111. The molecule has 4 aliphatic rings. The van der Waals surface area contributed by atoms with Crippen LogP contribution in [-0.4, -0.2) is 56.2 Å². The van der Waals surface area contributed by atoms with Crippen molar-refractivity contribution in [3.05, 3.63) is 11.6 Å². The molecule has 0 spiro atoms. The fourth-order valence-electron chi connectivity index (χ4n) is 7.19. The summed E-state index contributed by atoms with van der Waals surface area (Å²) < 4.78 is 16.9. The molecule has 0 amide bonds. The van der Waals surface area contributed by atoms with E-state index in [9.17, 15) is 24.9 Å². The fourth-order valence-corrected chi connectivity index (χ4v) is 7.39. The zero-order valence-corrected chi connectivity index (χ0v) is 17.0. The van der Waals surface area contributed by atoms with Crippen molar-refractivity contribution in [3.63, 3.8) is 0 Å². The third kappa shape index (κ3) is 2.13. The van der Waals surface area contributed by atoms with Gasteiger partial charge in [-0.15, -0.1) is 11.6 Å². The molecule has 0 bridgehead atoms. The largest absolute Gasteiger partial charge is 0.390 e. The molecule has 156 valence electrons. The molecule has 0 aromatic heterocycles. The monoisotopic (exact) mass is 414 g/mol. The molecule has 4 rings (SSSR count). The summed E-state index contributed by atoms with van der Waals surface area (Å²) >= 11 is 5.71. The highest BCUT2D eigenvalue weighted by molar-refractivity contribution is 6.29. The summed E-state index contributed by atoms with van der Waals surface area (Å²) in [6.45, 7) is 3.45. The van der Waals surface area contributed by atoms with Gasteiger partial charge in [0.05, 0.1) is 18.1 Å². The second-order valence-electron chi connectivity index (χ2n) is 9.70. The Labute approximate surface area is 168 Å². The minimum Gasteiger partial charge on any atom is -0.390 e. The van der Waals surface area contributed by atoms with Crippen molar-refractivity contribution in [1.29, 1.82) is 0 Å². The van der Waals surface area contributed by atoms with Gasteiger partial charge in [0.2, 0.25) is 0 Å². The third-order valence-corrected chi connectivity index (χ3v) is 9.05. The maximum absolute atomic E-state index is 16.9. The molecule has 0 heterocycles. The predicted octanol–water partition coefficient (Wildman–Crippen LogP) is 2.09. The van der Waals surface area contributed by atoms with Crippen LogP contribution in [0.5, 0.6) is 0 Å². The number of alkyl halides is 2. The summed E-state index contributed by atoms with van der Waals surface area (Å²) in [4.78, 5) is 24.4. The van der Waals surface area contributed by atoms with E-state index in [0.29, 0.717) is 19.3 Å². The highest BCUT2D eigenvalue weighted by Crippen LogP contribution is 2.70. The lowest BCUT2D eigenvalue weighted by Gasteiger charge is -2.63. The molecule has 2 unspecified atom stereocenters. The minimum atomic E-state index is -2.10. The van der Waals surface area contributed by atoms with Gasteiger partial charge in [0, 0.05) is 23.2 Å². The van der Waals surface area contributed by atoms with E-state index in [-0.39, 0.29) is 25.0 Å². The van der Waals surface area contributed by atoms with Crippen molar-refractivity contribution < 1.29 is 29.3 Å². The summed E-state index contributed by atoms with van der Waals surface area (Å²) in [6, 6.07) is 0. The number of allylic oxidation sites excluding steroid dienone is 1. The number of aliphatic hydroxyl groups is 3. The van der Waals surface area contributed by atoms with Gasteiger partial charge in [-0.1, -0.05) is 19.4 Å². The zero-order valence-electron chi connectivity index (χ0n) is 16.3.